The number of aliphatic hydroxyl groups excluding tert-OH is 1. The standard InChI is InChI=1S/C12H9ClF2O2/c13-9-5-10(14)8(4-11(9)15)12(16)3-7-1-2-17-6-7/h1-2,4-6,12,16H,3H2. The molecule has 0 aliphatic heterocycles. The molecule has 0 spiro atoms. The molecule has 0 bridgehead atoms. The molecule has 2 nitrogen and oxygen atoms in total. The van der Waals surface area contributed by atoms with Crippen LogP contribution in [0.4, 0.5) is 8.78 Å². The number of hydrogen-bond acceptors (Lipinski definition) is 2. The first-order valence-corrected chi connectivity index (χ1v) is 5.29. The van der Waals surface area contributed by atoms with Crippen LogP contribution in [0.3, 0.4) is 0 Å². The molecule has 2 aromatic rings. The van der Waals surface area contributed by atoms with Crippen LogP contribution >= 0.6 is 11.6 Å². The van der Waals surface area contributed by atoms with Gasteiger partial charge in [0.2, 0.25) is 0 Å². The van der Waals surface area contributed by atoms with E-state index in [1.807, 2.05) is 0 Å². The second kappa shape index (κ2) is 4.85. The van der Waals surface area contributed by atoms with E-state index in [1.54, 1.807) is 6.07 Å². The van der Waals surface area contributed by atoms with Crippen LogP contribution in [0.25, 0.3) is 0 Å². The molecule has 1 aromatic carbocycles. The number of halogens is 3. The zero-order chi connectivity index (χ0) is 12.4. The van der Waals surface area contributed by atoms with Crippen molar-refractivity contribution in [2.45, 2.75) is 12.5 Å². The number of furan rings is 1. The molecule has 1 atom stereocenters. The molecule has 90 valence electrons. The van der Waals surface area contributed by atoms with Crippen molar-refractivity contribution in [3.63, 3.8) is 0 Å². The normalized spacial score (nSPS) is 12.7. The lowest BCUT2D eigenvalue weighted by atomic mass is 10.0. The molecule has 1 heterocycles. The fraction of sp³-hybridized carbons (Fsp3) is 0.167. The van der Waals surface area contributed by atoms with Crippen LogP contribution in [0.15, 0.2) is 35.1 Å². The van der Waals surface area contributed by atoms with Crippen molar-refractivity contribution in [1.29, 1.82) is 0 Å². The van der Waals surface area contributed by atoms with Crippen molar-refractivity contribution >= 4 is 11.6 Å². The van der Waals surface area contributed by atoms with Crippen LogP contribution in [0.2, 0.25) is 5.02 Å². The topological polar surface area (TPSA) is 33.4 Å². The molecule has 0 fully saturated rings. The van der Waals surface area contributed by atoms with E-state index in [0.717, 1.165) is 12.1 Å². The molecule has 0 saturated heterocycles. The van der Waals surface area contributed by atoms with Gasteiger partial charge in [-0.1, -0.05) is 11.6 Å². The minimum Gasteiger partial charge on any atom is -0.472 e. The summed E-state index contributed by atoms with van der Waals surface area (Å²) in [5, 5.41) is 9.49. The number of benzene rings is 1. The average molecular weight is 259 g/mol. The second-order valence-corrected chi connectivity index (χ2v) is 4.05. The van der Waals surface area contributed by atoms with Crippen LogP contribution in [-0.2, 0) is 6.42 Å². The lowest BCUT2D eigenvalue weighted by molar-refractivity contribution is 0.173. The van der Waals surface area contributed by atoms with Gasteiger partial charge in [-0.2, -0.15) is 0 Å². The van der Waals surface area contributed by atoms with E-state index in [4.69, 9.17) is 16.0 Å². The predicted molar refractivity (Wildman–Crippen MR) is 58.7 cm³/mol. The smallest absolute Gasteiger partial charge is 0.142 e. The summed E-state index contributed by atoms with van der Waals surface area (Å²) in [6, 6.07) is 3.40. The summed E-state index contributed by atoms with van der Waals surface area (Å²) in [7, 11) is 0. The van der Waals surface area contributed by atoms with Crippen molar-refractivity contribution in [1.82, 2.24) is 0 Å². The zero-order valence-corrected chi connectivity index (χ0v) is 9.42. The van der Waals surface area contributed by atoms with Crippen molar-refractivity contribution < 1.29 is 18.3 Å². The third kappa shape index (κ3) is 2.65. The van der Waals surface area contributed by atoms with Crippen LogP contribution in [0.1, 0.15) is 17.2 Å². The van der Waals surface area contributed by atoms with Crippen LogP contribution in [-0.4, -0.2) is 5.11 Å². The van der Waals surface area contributed by atoms with E-state index >= 15 is 0 Å². The maximum absolute atomic E-state index is 13.5. The summed E-state index contributed by atoms with van der Waals surface area (Å²) < 4.78 is 31.5. The predicted octanol–water partition coefficient (Wildman–Crippen LogP) is 3.49. The van der Waals surface area contributed by atoms with E-state index in [0.29, 0.717) is 5.56 Å². The minimum absolute atomic E-state index is 0.117. The second-order valence-electron chi connectivity index (χ2n) is 3.64. The monoisotopic (exact) mass is 258 g/mol. The van der Waals surface area contributed by atoms with Gasteiger partial charge < -0.3 is 9.52 Å². The third-order valence-corrected chi connectivity index (χ3v) is 2.70. The van der Waals surface area contributed by atoms with Gasteiger partial charge in [-0.25, -0.2) is 8.78 Å². The molecule has 0 radical (unpaired) electrons. The molecule has 0 saturated carbocycles. The molecule has 1 aromatic heterocycles. The highest BCUT2D eigenvalue weighted by atomic mass is 35.5. The molecular formula is C12H9ClF2O2. The Morgan fingerprint density at radius 2 is 2.06 bits per heavy atom. The summed E-state index contributed by atoms with van der Waals surface area (Å²) in [6.07, 6.45) is 1.89. The molecular weight excluding hydrogens is 250 g/mol. The maximum Gasteiger partial charge on any atom is 0.142 e. The molecule has 1 N–H and O–H groups in total. The Hall–Kier alpha value is -1.39. The van der Waals surface area contributed by atoms with Gasteiger partial charge in [0.15, 0.2) is 0 Å². The fourth-order valence-corrected chi connectivity index (χ4v) is 1.69. The fourth-order valence-electron chi connectivity index (χ4n) is 1.54. The summed E-state index contributed by atoms with van der Waals surface area (Å²) in [5.41, 5.74) is 0.584. The van der Waals surface area contributed by atoms with Gasteiger partial charge in [0.25, 0.3) is 0 Å². The average Bonchev–Trinajstić information content (AvgIpc) is 2.76. The first-order valence-electron chi connectivity index (χ1n) is 4.91. The summed E-state index contributed by atoms with van der Waals surface area (Å²) >= 11 is 5.42. The lowest BCUT2D eigenvalue weighted by Gasteiger charge is -2.11. The number of hydrogen-bond donors (Lipinski definition) is 1. The first kappa shape index (κ1) is 12.1. The van der Waals surface area contributed by atoms with Gasteiger partial charge in [0, 0.05) is 12.0 Å². The number of rotatable bonds is 3. The minimum atomic E-state index is -1.14. The van der Waals surface area contributed by atoms with E-state index in [-0.39, 0.29) is 17.0 Å². The quantitative estimate of drug-likeness (QED) is 0.855. The van der Waals surface area contributed by atoms with Crippen molar-refractivity contribution in [3.8, 4) is 0 Å². The summed E-state index contributed by atoms with van der Waals surface area (Å²) in [6.45, 7) is 0. The largest absolute Gasteiger partial charge is 0.472 e. The van der Waals surface area contributed by atoms with Crippen LogP contribution < -0.4 is 0 Å². The van der Waals surface area contributed by atoms with Gasteiger partial charge >= 0.3 is 0 Å². The van der Waals surface area contributed by atoms with E-state index in [2.05, 4.69) is 0 Å². The molecule has 2 rings (SSSR count). The van der Waals surface area contributed by atoms with Crippen LogP contribution in [0, 0.1) is 11.6 Å². The first-order chi connectivity index (χ1) is 8.08. The highest BCUT2D eigenvalue weighted by molar-refractivity contribution is 6.30. The lowest BCUT2D eigenvalue weighted by Crippen LogP contribution is -2.04. The Morgan fingerprint density at radius 3 is 2.71 bits per heavy atom. The summed E-state index contributed by atoms with van der Waals surface area (Å²) in [5.74, 6) is -1.48. The number of aliphatic hydroxyl groups is 1. The Bertz CT molecular complexity index is 511. The zero-order valence-electron chi connectivity index (χ0n) is 8.66. The van der Waals surface area contributed by atoms with Gasteiger partial charge in [-0.05, 0) is 23.8 Å². The van der Waals surface area contributed by atoms with Crippen molar-refractivity contribution in [2.75, 3.05) is 0 Å². The highest BCUT2D eigenvalue weighted by Crippen LogP contribution is 2.26. The molecule has 0 aliphatic rings. The SMILES string of the molecule is OC(Cc1ccoc1)c1cc(F)c(Cl)cc1F. The molecule has 17 heavy (non-hydrogen) atoms. The maximum atomic E-state index is 13.5. The Kier molecular flexibility index (Phi) is 3.45. The van der Waals surface area contributed by atoms with Crippen molar-refractivity contribution in [3.05, 3.63) is 58.5 Å². The van der Waals surface area contributed by atoms with Crippen LogP contribution in [0.5, 0.6) is 0 Å². The molecule has 0 aliphatic carbocycles. The van der Waals surface area contributed by atoms with E-state index < -0.39 is 17.7 Å². The Balaban J connectivity index is 2.24. The van der Waals surface area contributed by atoms with Gasteiger partial charge in [-0.15, -0.1) is 0 Å². The van der Waals surface area contributed by atoms with E-state index in [1.165, 1.54) is 12.5 Å². The third-order valence-electron chi connectivity index (χ3n) is 2.41. The Morgan fingerprint density at radius 1 is 1.29 bits per heavy atom. The molecule has 0 amide bonds. The van der Waals surface area contributed by atoms with Crippen molar-refractivity contribution in [2.24, 2.45) is 0 Å². The van der Waals surface area contributed by atoms with Gasteiger partial charge in [0.05, 0.1) is 23.7 Å². The highest BCUT2D eigenvalue weighted by Gasteiger charge is 2.17. The molecule has 1 unspecified atom stereocenters. The van der Waals surface area contributed by atoms with E-state index in [9.17, 15) is 13.9 Å². The Labute approximate surface area is 101 Å². The molecule has 5 heteroatoms. The summed E-state index contributed by atoms with van der Waals surface area (Å²) in [4.78, 5) is 0. The van der Waals surface area contributed by atoms with Gasteiger partial charge in [0.1, 0.15) is 11.6 Å². The van der Waals surface area contributed by atoms with Gasteiger partial charge in [-0.3, -0.25) is 0 Å².